The van der Waals surface area contributed by atoms with Crippen LogP contribution >= 0.6 is 0 Å². The Morgan fingerprint density at radius 1 is 1.21 bits per heavy atom. The molecule has 0 spiro atoms. The number of rotatable bonds is 5. The molecule has 1 aromatic heterocycles. The molecule has 0 atom stereocenters. The van der Waals surface area contributed by atoms with Crippen LogP contribution in [0.25, 0.3) is 22.8 Å². The van der Waals surface area contributed by atoms with Crippen molar-refractivity contribution in [2.75, 3.05) is 32.6 Å². The van der Waals surface area contributed by atoms with E-state index in [0.717, 1.165) is 31.6 Å². The zero-order valence-corrected chi connectivity index (χ0v) is 15.9. The van der Waals surface area contributed by atoms with Crippen LogP contribution in [-0.2, 0) is 0 Å². The summed E-state index contributed by atoms with van der Waals surface area (Å²) in [7, 11) is 3.11. The van der Waals surface area contributed by atoms with Gasteiger partial charge in [0.2, 0.25) is 11.7 Å². The Balaban J connectivity index is 1.87. The second kappa shape index (κ2) is 7.85. The zero-order valence-electron chi connectivity index (χ0n) is 15.9. The standard InChI is InChI=1S/C20H23N5O3/c1-27-20-15-6-5-14(26)12-17(15)24-19(25(20)28-2)18-16(4-3-9-22-18)23-13-7-10-21-11-8-13/h3-6,9,12-13,21,23H,7-8,10-11H2,1-2H3. The van der Waals surface area contributed by atoms with Crippen molar-refractivity contribution >= 4 is 5.69 Å². The van der Waals surface area contributed by atoms with Crippen molar-refractivity contribution in [1.29, 1.82) is 0 Å². The summed E-state index contributed by atoms with van der Waals surface area (Å²) in [6.07, 6.45) is 3.78. The number of pyridine rings is 1. The van der Waals surface area contributed by atoms with E-state index in [1.165, 1.54) is 16.9 Å². The highest BCUT2D eigenvalue weighted by Crippen LogP contribution is 2.35. The van der Waals surface area contributed by atoms with Crippen LogP contribution in [-0.4, -0.2) is 48.0 Å². The Morgan fingerprint density at radius 3 is 2.79 bits per heavy atom. The number of fused-ring (bicyclic) bond motifs is 1. The van der Waals surface area contributed by atoms with Gasteiger partial charge in [-0.15, -0.1) is 4.73 Å². The first-order chi connectivity index (χ1) is 13.7. The fraction of sp³-hybridized carbons (Fsp3) is 0.350. The van der Waals surface area contributed by atoms with E-state index < -0.39 is 0 Å². The number of ether oxygens (including phenoxy) is 1. The molecule has 3 heterocycles. The average molecular weight is 381 g/mol. The largest absolute Gasteiger partial charge is 0.480 e. The van der Waals surface area contributed by atoms with Crippen LogP contribution in [0.1, 0.15) is 12.8 Å². The molecule has 1 aromatic rings. The van der Waals surface area contributed by atoms with Gasteiger partial charge in [-0.1, -0.05) is 0 Å². The number of nitrogens with zero attached hydrogens (tertiary/aromatic N) is 3. The van der Waals surface area contributed by atoms with Crippen molar-refractivity contribution in [3.05, 3.63) is 46.8 Å². The van der Waals surface area contributed by atoms with Gasteiger partial charge in [0, 0.05) is 18.3 Å². The van der Waals surface area contributed by atoms with Gasteiger partial charge in [0.1, 0.15) is 12.8 Å². The minimum Gasteiger partial charge on any atom is -0.480 e. The molecule has 1 fully saturated rings. The van der Waals surface area contributed by atoms with Gasteiger partial charge in [-0.25, -0.2) is 4.98 Å². The summed E-state index contributed by atoms with van der Waals surface area (Å²) in [5, 5.41) is 6.95. The summed E-state index contributed by atoms with van der Waals surface area (Å²) in [6, 6.07) is 8.89. The molecule has 28 heavy (non-hydrogen) atoms. The van der Waals surface area contributed by atoms with Crippen LogP contribution in [0.5, 0.6) is 5.88 Å². The number of hydrogen-bond donors (Lipinski definition) is 2. The maximum absolute atomic E-state index is 11.9. The van der Waals surface area contributed by atoms with E-state index in [-0.39, 0.29) is 5.43 Å². The second-order valence-corrected chi connectivity index (χ2v) is 6.67. The zero-order chi connectivity index (χ0) is 19.5. The molecular formula is C20H23N5O3. The molecule has 1 aliphatic carbocycles. The van der Waals surface area contributed by atoms with Gasteiger partial charge in [0.05, 0.1) is 24.1 Å². The predicted molar refractivity (Wildman–Crippen MR) is 107 cm³/mol. The molecule has 0 amide bonds. The van der Waals surface area contributed by atoms with E-state index in [4.69, 9.17) is 9.57 Å². The highest BCUT2D eigenvalue weighted by molar-refractivity contribution is 5.75. The lowest BCUT2D eigenvalue weighted by Gasteiger charge is -2.26. The van der Waals surface area contributed by atoms with E-state index in [2.05, 4.69) is 20.6 Å². The van der Waals surface area contributed by atoms with E-state index in [1.54, 1.807) is 26.5 Å². The summed E-state index contributed by atoms with van der Waals surface area (Å²) in [6.45, 7) is 1.97. The average Bonchev–Trinajstić information content (AvgIpc) is 2.73. The number of anilines is 1. The Morgan fingerprint density at radius 2 is 2.04 bits per heavy atom. The van der Waals surface area contributed by atoms with Crippen molar-refractivity contribution in [1.82, 2.24) is 20.0 Å². The summed E-state index contributed by atoms with van der Waals surface area (Å²) < 4.78 is 7.08. The first-order valence-electron chi connectivity index (χ1n) is 9.29. The van der Waals surface area contributed by atoms with Crippen LogP contribution in [0.15, 0.2) is 41.3 Å². The number of benzene rings is 1. The fourth-order valence-electron chi connectivity index (χ4n) is 3.55. The quantitative estimate of drug-likeness (QED) is 0.694. The first-order valence-corrected chi connectivity index (χ1v) is 9.29. The molecule has 0 aromatic carbocycles. The Hall–Kier alpha value is -3.13. The number of hydrogen-bond acceptors (Lipinski definition) is 7. The maximum atomic E-state index is 11.9. The van der Waals surface area contributed by atoms with Gasteiger partial charge >= 0.3 is 0 Å². The molecule has 1 saturated heterocycles. The minimum absolute atomic E-state index is 0.114. The van der Waals surface area contributed by atoms with Crippen LogP contribution in [0.2, 0.25) is 0 Å². The Kier molecular flexibility index (Phi) is 5.12. The monoisotopic (exact) mass is 381 g/mol. The third kappa shape index (κ3) is 3.38. The number of nitrogens with one attached hydrogen (secondary N) is 2. The van der Waals surface area contributed by atoms with Gasteiger partial charge < -0.3 is 20.2 Å². The van der Waals surface area contributed by atoms with Crippen molar-refractivity contribution in [3.8, 4) is 28.7 Å². The Labute approximate surface area is 162 Å². The molecule has 0 unspecified atom stereocenters. The van der Waals surface area contributed by atoms with E-state index in [9.17, 15) is 4.79 Å². The van der Waals surface area contributed by atoms with E-state index in [1.807, 2.05) is 12.1 Å². The highest BCUT2D eigenvalue weighted by atomic mass is 16.7. The van der Waals surface area contributed by atoms with Gasteiger partial charge in [-0.3, -0.25) is 9.78 Å². The minimum atomic E-state index is -0.114. The van der Waals surface area contributed by atoms with E-state index >= 15 is 0 Å². The van der Waals surface area contributed by atoms with Crippen LogP contribution in [0, 0.1) is 0 Å². The van der Waals surface area contributed by atoms with E-state index in [0.29, 0.717) is 34.7 Å². The lowest BCUT2D eigenvalue weighted by molar-refractivity contribution is 0.138. The lowest BCUT2D eigenvalue weighted by atomic mass is 10.1. The van der Waals surface area contributed by atoms with Crippen LogP contribution in [0.4, 0.5) is 5.69 Å². The molecule has 2 N–H and O–H groups in total. The third-order valence-electron chi connectivity index (χ3n) is 4.90. The summed E-state index contributed by atoms with van der Waals surface area (Å²) in [5.41, 5.74) is 2.62. The van der Waals surface area contributed by atoms with Crippen LogP contribution in [0.3, 0.4) is 0 Å². The summed E-state index contributed by atoms with van der Waals surface area (Å²) in [4.78, 5) is 26.7. The van der Waals surface area contributed by atoms with Crippen molar-refractivity contribution < 1.29 is 9.57 Å². The summed E-state index contributed by atoms with van der Waals surface area (Å²) in [5.74, 6) is 0.926. The molecule has 3 aliphatic rings. The fourth-order valence-corrected chi connectivity index (χ4v) is 3.55. The molecule has 0 bridgehead atoms. The van der Waals surface area contributed by atoms with Gasteiger partial charge in [-0.05, 0) is 50.2 Å². The smallest absolute Gasteiger partial charge is 0.239 e. The normalized spacial score (nSPS) is 14.8. The Bertz CT molecular complexity index is 997. The molecular weight excluding hydrogens is 358 g/mol. The molecule has 0 saturated carbocycles. The molecule has 8 nitrogen and oxygen atoms in total. The molecule has 8 heteroatoms. The number of aromatic nitrogens is 3. The number of piperidine rings is 1. The maximum Gasteiger partial charge on any atom is 0.239 e. The second-order valence-electron chi connectivity index (χ2n) is 6.67. The lowest BCUT2D eigenvalue weighted by Crippen LogP contribution is -2.35. The summed E-state index contributed by atoms with van der Waals surface area (Å²) >= 11 is 0. The topological polar surface area (TPSA) is 90.3 Å². The molecule has 2 aliphatic heterocycles. The third-order valence-corrected chi connectivity index (χ3v) is 4.90. The predicted octanol–water partition coefficient (Wildman–Crippen LogP) is 1.64. The first kappa shape index (κ1) is 18.2. The molecule has 146 valence electrons. The van der Waals surface area contributed by atoms with Crippen molar-refractivity contribution in [3.63, 3.8) is 0 Å². The highest BCUT2D eigenvalue weighted by Gasteiger charge is 2.24. The number of methoxy groups -OCH3 is 1. The van der Waals surface area contributed by atoms with Crippen molar-refractivity contribution in [2.24, 2.45) is 0 Å². The molecule has 0 radical (unpaired) electrons. The van der Waals surface area contributed by atoms with Gasteiger partial charge in [0.25, 0.3) is 0 Å². The van der Waals surface area contributed by atoms with Crippen molar-refractivity contribution in [2.45, 2.75) is 18.9 Å². The van der Waals surface area contributed by atoms with Gasteiger partial charge in [0.15, 0.2) is 5.43 Å². The van der Waals surface area contributed by atoms with Crippen LogP contribution < -0.4 is 25.6 Å². The SMILES string of the molecule is COc1c2ccc(=O)cc-2nc(-c2ncccc2NC2CCNCC2)n1OC. The van der Waals surface area contributed by atoms with Gasteiger partial charge in [-0.2, -0.15) is 0 Å². The molecule has 4 rings (SSSR count).